The number of rotatable bonds is 5. The Balaban J connectivity index is 2.39. The topological polar surface area (TPSA) is 50.2 Å². The number of amides is 1. The molecule has 1 rings (SSSR count). The third-order valence-electron chi connectivity index (χ3n) is 2.57. The first-order valence-corrected chi connectivity index (χ1v) is 5.90. The summed E-state index contributed by atoms with van der Waals surface area (Å²) in [5.74, 6) is 0.116. The second-order valence-corrected chi connectivity index (χ2v) is 4.56. The van der Waals surface area contributed by atoms with Gasteiger partial charge in [0, 0.05) is 40.7 Å². The maximum absolute atomic E-state index is 11.3. The number of halogens is 1. The van der Waals surface area contributed by atoms with Crippen molar-refractivity contribution in [2.24, 2.45) is 7.05 Å². The first kappa shape index (κ1) is 14.0. The fraction of sp³-hybridized carbons (Fsp3) is 0.636. The molecule has 0 saturated carbocycles. The van der Waals surface area contributed by atoms with Gasteiger partial charge in [-0.1, -0.05) is 11.6 Å². The molecule has 0 aliphatic rings. The maximum atomic E-state index is 11.3. The van der Waals surface area contributed by atoms with Gasteiger partial charge < -0.3 is 10.2 Å². The van der Waals surface area contributed by atoms with Crippen LogP contribution in [-0.2, 0) is 18.4 Å². The predicted octanol–water partition coefficient (Wildman–Crippen LogP) is 0.950. The molecule has 0 spiro atoms. The highest BCUT2D eigenvalue weighted by Gasteiger charge is 2.10. The molecule has 1 amide bonds. The van der Waals surface area contributed by atoms with Gasteiger partial charge in [0.05, 0.1) is 16.4 Å². The zero-order valence-corrected chi connectivity index (χ0v) is 11.5. The Morgan fingerprint density at radius 1 is 1.53 bits per heavy atom. The van der Waals surface area contributed by atoms with Gasteiger partial charge in [-0.25, -0.2) is 0 Å². The highest BCUT2D eigenvalue weighted by atomic mass is 35.5. The summed E-state index contributed by atoms with van der Waals surface area (Å²) in [6.07, 6.45) is 0.488. The van der Waals surface area contributed by atoms with E-state index in [1.165, 1.54) is 0 Å². The first-order chi connectivity index (χ1) is 7.93. The van der Waals surface area contributed by atoms with Crippen LogP contribution in [-0.4, -0.2) is 41.2 Å². The quantitative estimate of drug-likeness (QED) is 0.800. The second-order valence-electron chi connectivity index (χ2n) is 4.18. The average Bonchev–Trinajstić information content (AvgIpc) is 2.49. The third-order valence-corrected chi connectivity index (χ3v) is 3.06. The van der Waals surface area contributed by atoms with Crippen molar-refractivity contribution in [2.75, 3.05) is 20.6 Å². The van der Waals surface area contributed by atoms with Crippen molar-refractivity contribution in [3.05, 3.63) is 16.4 Å². The number of nitrogens with one attached hydrogen (secondary N) is 1. The SMILES string of the molecule is Cc1nn(C)c(CNCCC(=O)N(C)C)c1Cl. The summed E-state index contributed by atoms with van der Waals surface area (Å²) in [6, 6.07) is 0. The molecule has 0 unspecified atom stereocenters. The Kier molecular flexibility index (Phi) is 4.96. The van der Waals surface area contributed by atoms with E-state index < -0.39 is 0 Å². The fourth-order valence-electron chi connectivity index (χ4n) is 1.50. The highest BCUT2D eigenvalue weighted by molar-refractivity contribution is 6.31. The van der Waals surface area contributed by atoms with Crippen molar-refractivity contribution in [2.45, 2.75) is 19.9 Å². The fourth-order valence-corrected chi connectivity index (χ4v) is 1.72. The van der Waals surface area contributed by atoms with E-state index in [1.807, 2.05) is 14.0 Å². The average molecular weight is 259 g/mol. The summed E-state index contributed by atoms with van der Waals surface area (Å²) in [5.41, 5.74) is 1.77. The lowest BCUT2D eigenvalue weighted by atomic mass is 10.3. The van der Waals surface area contributed by atoms with Crippen LogP contribution >= 0.6 is 11.6 Å². The highest BCUT2D eigenvalue weighted by Crippen LogP contribution is 2.18. The second kappa shape index (κ2) is 6.02. The molecular formula is C11H19ClN4O. The summed E-state index contributed by atoms with van der Waals surface area (Å²) < 4.78 is 1.76. The molecule has 1 heterocycles. The van der Waals surface area contributed by atoms with Crippen LogP contribution < -0.4 is 5.32 Å². The first-order valence-electron chi connectivity index (χ1n) is 5.52. The number of hydrogen-bond acceptors (Lipinski definition) is 3. The molecule has 96 valence electrons. The number of nitrogens with zero attached hydrogens (tertiary/aromatic N) is 3. The van der Waals surface area contributed by atoms with E-state index in [4.69, 9.17) is 11.6 Å². The van der Waals surface area contributed by atoms with Crippen molar-refractivity contribution >= 4 is 17.5 Å². The lowest BCUT2D eigenvalue weighted by Gasteiger charge is -2.10. The Morgan fingerprint density at radius 2 is 2.18 bits per heavy atom. The van der Waals surface area contributed by atoms with Crippen LogP contribution in [0.2, 0.25) is 5.02 Å². The monoisotopic (exact) mass is 258 g/mol. The number of aryl methyl sites for hydroxylation is 2. The van der Waals surface area contributed by atoms with Gasteiger partial charge in [0.15, 0.2) is 0 Å². The van der Waals surface area contributed by atoms with Gasteiger partial charge in [0.2, 0.25) is 5.91 Å². The van der Waals surface area contributed by atoms with Crippen LogP contribution in [0.3, 0.4) is 0 Å². The number of carbonyl (C=O) groups excluding carboxylic acids is 1. The van der Waals surface area contributed by atoms with Crippen molar-refractivity contribution in [3.8, 4) is 0 Å². The number of aromatic nitrogens is 2. The molecule has 5 nitrogen and oxygen atoms in total. The van der Waals surface area contributed by atoms with Crippen molar-refractivity contribution in [3.63, 3.8) is 0 Å². The normalized spacial score (nSPS) is 10.6. The van der Waals surface area contributed by atoms with E-state index in [-0.39, 0.29) is 5.91 Å². The number of hydrogen-bond donors (Lipinski definition) is 1. The minimum atomic E-state index is 0.116. The van der Waals surface area contributed by atoms with Crippen molar-refractivity contribution in [1.29, 1.82) is 0 Å². The molecule has 0 fully saturated rings. The van der Waals surface area contributed by atoms with Crippen LogP contribution in [0.4, 0.5) is 0 Å². The van der Waals surface area contributed by atoms with Crippen LogP contribution in [0.15, 0.2) is 0 Å². The van der Waals surface area contributed by atoms with E-state index >= 15 is 0 Å². The molecule has 0 aliphatic carbocycles. The van der Waals surface area contributed by atoms with Crippen LogP contribution in [0.1, 0.15) is 17.8 Å². The maximum Gasteiger partial charge on any atom is 0.223 e. The van der Waals surface area contributed by atoms with Crippen LogP contribution in [0, 0.1) is 6.92 Å². The summed E-state index contributed by atoms with van der Waals surface area (Å²) in [7, 11) is 5.37. The van der Waals surface area contributed by atoms with Gasteiger partial charge in [-0.05, 0) is 6.92 Å². The molecule has 1 N–H and O–H groups in total. The van der Waals surface area contributed by atoms with Crippen LogP contribution in [0.25, 0.3) is 0 Å². The molecule has 0 atom stereocenters. The summed E-state index contributed by atoms with van der Waals surface area (Å²) in [4.78, 5) is 12.9. The molecule has 0 aliphatic heterocycles. The molecule has 0 saturated heterocycles. The van der Waals surface area contributed by atoms with E-state index in [0.717, 1.165) is 11.4 Å². The minimum Gasteiger partial charge on any atom is -0.349 e. The van der Waals surface area contributed by atoms with Gasteiger partial charge in [-0.2, -0.15) is 5.10 Å². The van der Waals surface area contributed by atoms with E-state index in [9.17, 15) is 4.79 Å². The standard InChI is InChI=1S/C11H19ClN4O/c1-8-11(12)9(16(4)14-8)7-13-6-5-10(17)15(2)3/h13H,5-7H2,1-4H3. The Morgan fingerprint density at radius 3 is 2.65 bits per heavy atom. The Labute approximate surface area is 107 Å². The van der Waals surface area contributed by atoms with Gasteiger partial charge in [0.25, 0.3) is 0 Å². The minimum absolute atomic E-state index is 0.116. The van der Waals surface area contributed by atoms with Crippen LogP contribution in [0.5, 0.6) is 0 Å². The molecular weight excluding hydrogens is 240 g/mol. The van der Waals surface area contributed by atoms with E-state index in [2.05, 4.69) is 10.4 Å². The van der Waals surface area contributed by atoms with Gasteiger partial charge >= 0.3 is 0 Å². The largest absolute Gasteiger partial charge is 0.349 e. The van der Waals surface area contributed by atoms with E-state index in [1.54, 1.807) is 23.7 Å². The zero-order chi connectivity index (χ0) is 13.0. The van der Waals surface area contributed by atoms with Crippen molar-refractivity contribution < 1.29 is 4.79 Å². The molecule has 1 aromatic rings. The summed E-state index contributed by atoms with van der Waals surface area (Å²) in [6.45, 7) is 3.13. The zero-order valence-electron chi connectivity index (χ0n) is 10.7. The molecule has 6 heteroatoms. The Bertz CT molecular complexity index is 400. The van der Waals surface area contributed by atoms with Crippen molar-refractivity contribution in [1.82, 2.24) is 20.0 Å². The lowest BCUT2D eigenvalue weighted by Crippen LogP contribution is -2.26. The Hall–Kier alpha value is -1.07. The predicted molar refractivity (Wildman–Crippen MR) is 68.0 cm³/mol. The lowest BCUT2D eigenvalue weighted by molar-refractivity contribution is -0.128. The third kappa shape index (κ3) is 3.71. The molecule has 0 bridgehead atoms. The molecule has 0 radical (unpaired) electrons. The van der Waals surface area contributed by atoms with Gasteiger partial charge in [0.1, 0.15) is 0 Å². The van der Waals surface area contributed by atoms with E-state index in [0.29, 0.717) is 24.5 Å². The van der Waals surface area contributed by atoms with Gasteiger partial charge in [-0.3, -0.25) is 9.48 Å². The van der Waals surface area contributed by atoms with Gasteiger partial charge in [-0.15, -0.1) is 0 Å². The molecule has 1 aromatic heterocycles. The number of carbonyl (C=O) groups is 1. The smallest absolute Gasteiger partial charge is 0.223 e. The summed E-state index contributed by atoms with van der Waals surface area (Å²) in [5, 5.41) is 8.11. The molecule has 17 heavy (non-hydrogen) atoms. The molecule has 0 aromatic carbocycles. The summed E-state index contributed by atoms with van der Waals surface area (Å²) >= 11 is 6.11.